The predicted molar refractivity (Wildman–Crippen MR) is 87.5 cm³/mol. The molecule has 0 saturated heterocycles. The maximum absolute atomic E-state index is 14.3. The summed E-state index contributed by atoms with van der Waals surface area (Å²) in [4.78, 5) is 0. The topological polar surface area (TPSA) is 0 Å². The lowest BCUT2D eigenvalue weighted by molar-refractivity contribution is 0.618. The molecule has 1 heteroatoms. The Kier molecular flexibility index (Phi) is 3.74. The molecule has 0 nitrogen and oxygen atoms in total. The van der Waals surface area contributed by atoms with Crippen LogP contribution in [-0.2, 0) is 0 Å². The lowest BCUT2D eigenvalue weighted by Crippen LogP contribution is -1.99. The molecule has 2 aromatic rings. The van der Waals surface area contributed by atoms with E-state index in [-0.39, 0.29) is 5.82 Å². The van der Waals surface area contributed by atoms with Gasteiger partial charge in [0.15, 0.2) is 0 Å². The van der Waals surface area contributed by atoms with Crippen molar-refractivity contribution in [1.82, 2.24) is 0 Å². The monoisotopic (exact) mass is 278 g/mol. The minimum Gasteiger partial charge on any atom is -0.207 e. The maximum atomic E-state index is 14.3. The number of halogens is 1. The predicted octanol–water partition coefficient (Wildman–Crippen LogP) is 5.78. The van der Waals surface area contributed by atoms with Crippen molar-refractivity contribution in [2.24, 2.45) is 5.92 Å². The van der Waals surface area contributed by atoms with Crippen molar-refractivity contribution in [1.29, 1.82) is 0 Å². The molecule has 21 heavy (non-hydrogen) atoms. The van der Waals surface area contributed by atoms with Gasteiger partial charge in [0.25, 0.3) is 0 Å². The molecule has 0 N–H and O–H groups in total. The van der Waals surface area contributed by atoms with Crippen molar-refractivity contribution in [3.63, 3.8) is 0 Å². The fourth-order valence-electron chi connectivity index (χ4n) is 2.84. The number of rotatable bonds is 2. The lowest BCUT2D eigenvalue weighted by atomic mass is 9.88. The lowest BCUT2D eigenvalue weighted by Gasteiger charge is -2.17. The van der Waals surface area contributed by atoms with Gasteiger partial charge in [-0.05, 0) is 59.2 Å². The summed E-state index contributed by atoms with van der Waals surface area (Å²) in [5, 5.41) is 0. The van der Waals surface area contributed by atoms with Crippen LogP contribution >= 0.6 is 0 Å². The molecule has 1 aliphatic rings. The fourth-order valence-corrected chi connectivity index (χ4v) is 2.84. The molecule has 0 aromatic heterocycles. The van der Waals surface area contributed by atoms with Crippen molar-refractivity contribution in [2.75, 3.05) is 0 Å². The minimum atomic E-state index is -0.130. The van der Waals surface area contributed by atoms with Crippen molar-refractivity contribution >= 4 is 5.57 Å². The fraction of sp³-hybridized carbons (Fsp3) is 0.200. The Labute approximate surface area is 125 Å². The van der Waals surface area contributed by atoms with Gasteiger partial charge in [0, 0.05) is 0 Å². The van der Waals surface area contributed by atoms with Gasteiger partial charge in [0.05, 0.1) is 0 Å². The van der Waals surface area contributed by atoms with Crippen LogP contribution in [0.5, 0.6) is 0 Å². The SMILES string of the molecule is Cc1c(F)cc(C2=CC=CC(C)C2)cc1-c1ccccc1. The molecule has 0 spiro atoms. The molecule has 0 heterocycles. The summed E-state index contributed by atoms with van der Waals surface area (Å²) in [6.07, 6.45) is 7.32. The van der Waals surface area contributed by atoms with E-state index in [2.05, 4.69) is 31.2 Å². The average molecular weight is 278 g/mol. The van der Waals surface area contributed by atoms with Gasteiger partial charge in [-0.3, -0.25) is 0 Å². The third kappa shape index (κ3) is 2.82. The first-order chi connectivity index (χ1) is 10.1. The Morgan fingerprint density at radius 2 is 1.81 bits per heavy atom. The Bertz CT molecular complexity index is 708. The van der Waals surface area contributed by atoms with Crippen LogP contribution in [-0.4, -0.2) is 0 Å². The van der Waals surface area contributed by atoms with Gasteiger partial charge < -0.3 is 0 Å². The number of allylic oxidation sites excluding steroid dienone is 4. The molecule has 0 amide bonds. The van der Waals surface area contributed by atoms with Crippen LogP contribution in [0.2, 0.25) is 0 Å². The van der Waals surface area contributed by atoms with Crippen LogP contribution in [0, 0.1) is 18.7 Å². The zero-order valence-corrected chi connectivity index (χ0v) is 12.4. The highest BCUT2D eigenvalue weighted by Crippen LogP contribution is 2.33. The first kappa shape index (κ1) is 13.8. The molecule has 1 atom stereocenters. The van der Waals surface area contributed by atoms with Crippen molar-refractivity contribution in [3.8, 4) is 11.1 Å². The zero-order valence-electron chi connectivity index (χ0n) is 12.4. The van der Waals surface area contributed by atoms with Gasteiger partial charge in [-0.25, -0.2) is 4.39 Å². The molecule has 1 unspecified atom stereocenters. The quantitative estimate of drug-likeness (QED) is 0.653. The summed E-state index contributed by atoms with van der Waals surface area (Å²) in [5.41, 5.74) is 4.96. The number of hydrogen-bond donors (Lipinski definition) is 0. The molecule has 0 saturated carbocycles. The first-order valence-electron chi connectivity index (χ1n) is 7.38. The molecular weight excluding hydrogens is 259 g/mol. The second kappa shape index (κ2) is 5.69. The highest BCUT2D eigenvalue weighted by molar-refractivity contribution is 5.76. The zero-order chi connectivity index (χ0) is 14.8. The van der Waals surface area contributed by atoms with Gasteiger partial charge >= 0.3 is 0 Å². The second-order valence-corrected chi connectivity index (χ2v) is 5.75. The van der Waals surface area contributed by atoms with E-state index >= 15 is 0 Å². The highest BCUT2D eigenvalue weighted by Gasteiger charge is 2.14. The largest absolute Gasteiger partial charge is 0.207 e. The van der Waals surface area contributed by atoms with Crippen LogP contribution in [0.1, 0.15) is 24.5 Å². The van der Waals surface area contributed by atoms with Crippen LogP contribution in [0.25, 0.3) is 16.7 Å². The Balaban J connectivity index is 2.11. The smallest absolute Gasteiger partial charge is 0.127 e. The summed E-state index contributed by atoms with van der Waals surface area (Å²) in [6.45, 7) is 4.03. The molecule has 0 bridgehead atoms. The molecule has 0 fully saturated rings. The van der Waals surface area contributed by atoms with Gasteiger partial charge in [-0.2, -0.15) is 0 Å². The van der Waals surface area contributed by atoms with E-state index in [1.165, 1.54) is 5.57 Å². The van der Waals surface area contributed by atoms with E-state index in [1.807, 2.05) is 37.3 Å². The molecular formula is C20H19F. The van der Waals surface area contributed by atoms with E-state index in [1.54, 1.807) is 6.07 Å². The molecule has 1 aliphatic carbocycles. The molecule has 3 rings (SSSR count). The summed E-state index contributed by atoms with van der Waals surface area (Å²) in [5.74, 6) is 0.379. The van der Waals surface area contributed by atoms with Crippen LogP contribution in [0.3, 0.4) is 0 Å². The Morgan fingerprint density at radius 3 is 2.52 bits per heavy atom. The van der Waals surface area contributed by atoms with Crippen LogP contribution in [0.4, 0.5) is 4.39 Å². The van der Waals surface area contributed by atoms with E-state index in [4.69, 9.17) is 0 Å². The van der Waals surface area contributed by atoms with Gasteiger partial charge in [0.2, 0.25) is 0 Å². The summed E-state index contributed by atoms with van der Waals surface area (Å²) < 4.78 is 14.3. The van der Waals surface area contributed by atoms with E-state index in [0.29, 0.717) is 11.5 Å². The Morgan fingerprint density at radius 1 is 1.05 bits per heavy atom. The number of hydrogen-bond acceptors (Lipinski definition) is 0. The van der Waals surface area contributed by atoms with Crippen molar-refractivity contribution < 1.29 is 4.39 Å². The highest BCUT2D eigenvalue weighted by atomic mass is 19.1. The van der Waals surface area contributed by atoms with Crippen molar-refractivity contribution in [2.45, 2.75) is 20.3 Å². The summed E-state index contributed by atoms with van der Waals surface area (Å²) in [6, 6.07) is 13.8. The van der Waals surface area contributed by atoms with E-state index < -0.39 is 0 Å². The molecule has 106 valence electrons. The Hall–Kier alpha value is -2.15. The molecule has 2 aromatic carbocycles. The third-order valence-electron chi connectivity index (χ3n) is 4.08. The molecule has 0 radical (unpaired) electrons. The second-order valence-electron chi connectivity index (χ2n) is 5.75. The summed E-state index contributed by atoms with van der Waals surface area (Å²) >= 11 is 0. The van der Waals surface area contributed by atoms with Gasteiger partial charge in [-0.15, -0.1) is 0 Å². The minimum absolute atomic E-state index is 0.130. The molecule has 0 aliphatic heterocycles. The van der Waals surface area contributed by atoms with Crippen LogP contribution < -0.4 is 0 Å². The van der Waals surface area contributed by atoms with Gasteiger partial charge in [0.1, 0.15) is 5.82 Å². The average Bonchev–Trinajstić information content (AvgIpc) is 2.51. The third-order valence-corrected chi connectivity index (χ3v) is 4.08. The van der Waals surface area contributed by atoms with Crippen molar-refractivity contribution in [3.05, 3.63) is 77.6 Å². The van der Waals surface area contributed by atoms with E-state index in [0.717, 1.165) is 23.1 Å². The summed E-state index contributed by atoms with van der Waals surface area (Å²) in [7, 11) is 0. The van der Waals surface area contributed by atoms with Crippen LogP contribution in [0.15, 0.2) is 60.7 Å². The van der Waals surface area contributed by atoms with Gasteiger partial charge in [-0.1, -0.05) is 55.5 Å². The normalized spacial score (nSPS) is 17.7. The number of benzene rings is 2. The first-order valence-corrected chi connectivity index (χ1v) is 7.38. The van der Waals surface area contributed by atoms with E-state index in [9.17, 15) is 4.39 Å². The standard InChI is InChI=1S/C20H19F/c1-14-7-6-10-17(11-14)18-12-19(15(2)20(21)13-18)16-8-4-3-5-9-16/h3-10,12-14H,11H2,1-2H3. The maximum Gasteiger partial charge on any atom is 0.127 e.